The van der Waals surface area contributed by atoms with Gasteiger partial charge in [0.15, 0.2) is 0 Å². The maximum Gasteiger partial charge on any atom is 0.254 e. The monoisotopic (exact) mass is 333 g/mol. The molecule has 1 N–H and O–H groups in total. The van der Waals surface area contributed by atoms with Gasteiger partial charge in [-0.3, -0.25) is 14.5 Å². The van der Waals surface area contributed by atoms with Gasteiger partial charge in [0.1, 0.15) is 11.8 Å². The Labute approximate surface area is 141 Å². The van der Waals surface area contributed by atoms with E-state index in [1.165, 1.54) is 6.92 Å². The molecule has 1 atom stereocenters. The predicted octanol–water partition coefficient (Wildman–Crippen LogP) is 0.551. The molecule has 1 fully saturated rings. The van der Waals surface area contributed by atoms with Crippen LogP contribution < -0.4 is 15.0 Å². The Balaban J connectivity index is 1.79. The van der Waals surface area contributed by atoms with Crippen molar-refractivity contribution in [2.45, 2.75) is 13.0 Å². The molecule has 1 saturated heterocycles. The van der Waals surface area contributed by atoms with Crippen molar-refractivity contribution in [3.63, 3.8) is 0 Å². The number of carbonyl (C=O) groups is 2. The maximum atomic E-state index is 12.8. The minimum Gasteiger partial charge on any atom is -0.497 e. The Morgan fingerprint density at radius 2 is 2.08 bits per heavy atom. The number of amides is 2. The van der Waals surface area contributed by atoms with Crippen molar-refractivity contribution in [2.75, 3.05) is 51.4 Å². The summed E-state index contributed by atoms with van der Waals surface area (Å²) in [7, 11) is 1.59. The van der Waals surface area contributed by atoms with Crippen molar-refractivity contribution < 1.29 is 19.1 Å². The van der Waals surface area contributed by atoms with E-state index >= 15 is 0 Å². The highest BCUT2D eigenvalue weighted by atomic mass is 16.5. The molecule has 130 valence electrons. The van der Waals surface area contributed by atoms with E-state index in [0.29, 0.717) is 12.3 Å². The van der Waals surface area contributed by atoms with Crippen molar-refractivity contribution in [2.24, 2.45) is 0 Å². The molecule has 2 heterocycles. The van der Waals surface area contributed by atoms with Crippen molar-refractivity contribution in [1.82, 2.24) is 10.2 Å². The number of carbonyl (C=O) groups excluding carboxylic acids is 2. The summed E-state index contributed by atoms with van der Waals surface area (Å²) in [6.45, 7) is 6.02. The van der Waals surface area contributed by atoms with Gasteiger partial charge in [0.2, 0.25) is 5.91 Å². The Hall–Kier alpha value is -2.12. The summed E-state index contributed by atoms with van der Waals surface area (Å²) >= 11 is 0. The lowest BCUT2D eigenvalue weighted by Crippen LogP contribution is -2.43. The van der Waals surface area contributed by atoms with Crippen LogP contribution in [-0.4, -0.2) is 63.2 Å². The van der Waals surface area contributed by atoms with Gasteiger partial charge in [-0.25, -0.2) is 0 Å². The van der Waals surface area contributed by atoms with Crippen LogP contribution in [-0.2, 0) is 14.3 Å². The van der Waals surface area contributed by atoms with Crippen molar-refractivity contribution >= 4 is 17.5 Å². The van der Waals surface area contributed by atoms with Crippen molar-refractivity contribution in [3.05, 3.63) is 23.8 Å². The molecular weight excluding hydrogens is 310 g/mol. The Kier molecular flexibility index (Phi) is 5.01. The van der Waals surface area contributed by atoms with Gasteiger partial charge in [0.25, 0.3) is 5.91 Å². The van der Waals surface area contributed by atoms with Gasteiger partial charge in [-0.2, -0.15) is 0 Å². The number of anilines is 1. The molecular formula is C17H23N3O4. The van der Waals surface area contributed by atoms with Crippen LogP contribution in [0, 0.1) is 0 Å². The number of nitrogens with one attached hydrogen (secondary N) is 1. The van der Waals surface area contributed by atoms with E-state index in [1.807, 2.05) is 18.2 Å². The molecule has 2 amide bonds. The third kappa shape index (κ3) is 3.37. The fourth-order valence-corrected chi connectivity index (χ4v) is 3.18. The Bertz CT molecular complexity index is 628. The fraction of sp³-hybridized carbons (Fsp3) is 0.529. The minimum atomic E-state index is -0.641. The zero-order valence-electron chi connectivity index (χ0n) is 14.1. The standard InChI is InChI=1S/C17H23N3O4/c1-12(21)18-16-14-11-13(23-2)3-4-15(14)20(17(16)22)6-5-19-7-9-24-10-8-19/h3-4,11,16H,5-10H2,1-2H3,(H,18,21)/t16-/m0/s1. The average molecular weight is 333 g/mol. The van der Waals surface area contributed by atoms with Gasteiger partial charge >= 0.3 is 0 Å². The van der Waals surface area contributed by atoms with Crippen molar-refractivity contribution in [3.8, 4) is 5.75 Å². The Morgan fingerprint density at radius 1 is 1.33 bits per heavy atom. The molecule has 7 heteroatoms. The largest absolute Gasteiger partial charge is 0.497 e. The van der Waals surface area contributed by atoms with Crippen LogP contribution in [0.25, 0.3) is 0 Å². The summed E-state index contributed by atoms with van der Waals surface area (Å²) in [6.07, 6.45) is 0. The van der Waals surface area contributed by atoms with Crippen LogP contribution >= 0.6 is 0 Å². The Morgan fingerprint density at radius 3 is 2.75 bits per heavy atom. The minimum absolute atomic E-state index is 0.0956. The number of rotatable bonds is 5. The van der Waals surface area contributed by atoms with Gasteiger partial charge in [-0.1, -0.05) is 0 Å². The number of methoxy groups -OCH3 is 1. The molecule has 0 saturated carbocycles. The van der Waals surface area contributed by atoms with Crippen LogP contribution in [0.5, 0.6) is 5.75 Å². The van der Waals surface area contributed by atoms with Gasteiger partial charge < -0.3 is 19.7 Å². The molecule has 0 spiro atoms. The summed E-state index contributed by atoms with van der Waals surface area (Å²) in [5.74, 6) is 0.353. The van der Waals surface area contributed by atoms with E-state index in [1.54, 1.807) is 12.0 Å². The van der Waals surface area contributed by atoms with E-state index < -0.39 is 6.04 Å². The predicted molar refractivity (Wildman–Crippen MR) is 89.2 cm³/mol. The molecule has 0 unspecified atom stereocenters. The summed E-state index contributed by atoms with van der Waals surface area (Å²) in [4.78, 5) is 28.3. The molecule has 0 aliphatic carbocycles. The van der Waals surface area contributed by atoms with Crippen LogP contribution in [0.2, 0.25) is 0 Å². The lowest BCUT2D eigenvalue weighted by Gasteiger charge is -2.28. The van der Waals surface area contributed by atoms with Crippen LogP contribution in [0.15, 0.2) is 18.2 Å². The molecule has 1 aromatic rings. The highest BCUT2D eigenvalue weighted by molar-refractivity contribution is 6.06. The van der Waals surface area contributed by atoms with Gasteiger partial charge in [0, 0.05) is 44.4 Å². The van der Waals surface area contributed by atoms with E-state index in [4.69, 9.17) is 9.47 Å². The van der Waals surface area contributed by atoms with E-state index in [2.05, 4.69) is 10.2 Å². The third-order valence-electron chi connectivity index (χ3n) is 4.44. The summed E-state index contributed by atoms with van der Waals surface area (Å²) in [5.41, 5.74) is 1.63. The number of fused-ring (bicyclic) bond motifs is 1. The van der Waals surface area contributed by atoms with Gasteiger partial charge in [0.05, 0.1) is 20.3 Å². The lowest BCUT2D eigenvalue weighted by atomic mass is 10.1. The first kappa shape index (κ1) is 16.7. The van der Waals surface area contributed by atoms with Gasteiger partial charge in [-0.05, 0) is 18.2 Å². The maximum absolute atomic E-state index is 12.8. The smallest absolute Gasteiger partial charge is 0.254 e. The highest BCUT2D eigenvalue weighted by Gasteiger charge is 2.38. The average Bonchev–Trinajstić information content (AvgIpc) is 2.85. The zero-order chi connectivity index (χ0) is 17.1. The number of hydrogen-bond acceptors (Lipinski definition) is 5. The van der Waals surface area contributed by atoms with E-state index in [9.17, 15) is 9.59 Å². The second kappa shape index (κ2) is 7.19. The van der Waals surface area contributed by atoms with E-state index in [-0.39, 0.29) is 11.8 Å². The molecule has 24 heavy (non-hydrogen) atoms. The molecule has 7 nitrogen and oxygen atoms in total. The number of benzene rings is 1. The fourth-order valence-electron chi connectivity index (χ4n) is 3.18. The van der Waals surface area contributed by atoms with Crippen molar-refractivity contribution in [1.29, 1.82) is 0 Å². The summed E-state index contributed by atoms with van der Waals surface area (Å²) < 4.78 is 10.6. The first-order valence-electron chi connectivity index (χ1n) is 8.16. The number of morpholine rings is 1. The van der Waals surface area contributed by atoms with Crippen LogP contribution in [0.4, 0.5) is 5.69 Å². The second-order valence-electron chi connectivity index (χ2n) is 6.00. The first-order chi connectivity index (χ1) is 11.6. The normalized spacial score (nSPS) is 20.8. The second-order valence-corrected chi connectivity index (χ2v) is 6.00. The third-order valence-corrected chi connectivity index (χ3v) is 4.44. The quantitative estimate of drug-likeness (QED) is 0.852. The molecule has 0 aromatic heterocycles. The first-order valence-corrected chi connectivity index (χ1v) is 8.16. The molecule has 1 aromatic carbocycles. The van der Waals surface area contributed by atoms with Crippen LogP contribution in [0.3, 0.4) is 0 Å². The summed E-state index contributed by atoms with van der Waals surface area (Å²) in [6, 6.07) is 4.90. The topological polar surface area (TPSA) is 71.1 Å². The molecule has 2 aliphatic rings. The van der Waals surface area contributed by atoms with E-state index in [0.717, 1.165) is 44.1 Å². The summed E-state index contributed by atoms with van der Waals surface area (Å²) in [5, 5.41) is 2.75. The van der Waals surface area contributed by atoms with Gasteiger partial charge in [-0.15, -0.1) is 0 Å². The number of ether oxygens (including phenoxy) is 2. The number of hydrogen-bond donors (Lipinski definition) is 1. The molecule has 3 rings (SSSR count). The lowest BCUT2D eigenvalue weighted by molar-refractivity contribution is -0.126. The van der Waals surface area contributed by atoms with Crippen LogP contribution in [0.1, 0.15) is 18.5 Å². The zero-order valence-corrected chi connectivity index (χ0v) is 14.1. The number of nitrogens with zero attached hydrogens (tertiary/aromatic N) is 2. The molecule has 0 bridgehead atoms. The molecule has 0 radical (unpaired) electrons. The SMILES string of the molecule is COc1ccc2c(c1)[C@H](NC(C)=O)C(=O)N2CCN1CCOCC1. The molecule has 2 aliphatic heterocycles. The highest BCUT2D eigenvalue weighted by Crippen LogP contribution is 2.38.